The molecule has 4 aromatic carbocycles. The molecule has 0 unspecified atom stereocenters. The number of nitrogens with zero attached hydrogens (tertiary/aromatic N) is 1. The smallest absolute Gasteiger partial charge is 0.261 e. The number of fused-ring (bicyclic) bond motifs is 3. The second-order valence-corrected chi connectivity index (χ2v) is 7.42. The Labute approximate surface area is 164 Å². The standard InChI is InChI=1S/C23H14BrNO2/c24-21-16-9-3-1-7-14(16)20(15-8-2-4-10-17(15)21)13-25-22(26)18-11-5-6-12-19(18)23(25)27/h1-12H,13H2. The number of halogens is 1. The summed E-state index contributed by atoms with van der Waals surface area (Å²) >= 11 is 3.73. The number of imide groups is 1. The van der Waals surface area contributed by atoms with Crippen molar-refractivity contribution in [1.29, 1.82) is 0 Å². The minimum absolute atomic E-state index is 0.230. The number of hydrogen-bond acceptors (Lipinski definition) is 2. The summed E-state index contributed by atoms with van der Waals surface area (Å²) in [5.41, 5.74) is 1.94. The van der Waals surface area contributed by atoms with Crippen molar-refractivity contribution in [2.45, 2.75) is 6.54 Å². The summed E-state index contributed by atoms with van der Waals surface area (Å²) in [6.45, 7) is 0.251. The van der Waals surface area contributed by atoms with Crippen LogP contribution in [0.4, 0.5) is 0 Å². The van der Waals surface area contributed by atoms with Gasteiger partial charge in [0.2, 0.25) is 0 Å². The molecule has 0 fully saturated rings. The van der Waals surface area contributed by atoms with Crippen molar-refractivity contribution in [2.24, 2.45) is 0 Å². The maximum absolute atomic E-state index is 12.8. The lowest BCUT2D eigenvalue weighted by atomic mass is 9.96. The second kappa shape index (κ2) is 6.03. The van der Waals surface area contributed by atoms with Gasteiger partial charge in [-0.05, 0) is 55.2 Å². The number of rotatable bonds is 2. The van der Waals surface area contributed by atoms with Crippen molar-refractivity contribution in [1.82, 2.24) is 4.90 Å². The van der Waals surface area contributed by atoms with Crippen LogP contribution in [-0.2, 0) is 6.54 Å². The van der Waals surface area contributed by atoms with E-state index in [9.17, 15) is 9.59 Å². The molecule has 0 atom stereocenters. The van der Waals surface area contributed by atoms with Crippen molar-refractivity contribution < 1.29 is 9.59 Å². The van der Waals surface area contributed by atoms with Crippen molar-refractivity contribution in [2.75, 3.05) is 0 Å². The molecule has 0 radical (unpaired) electrons. The van der Waals surface area contributed by atoms with E-state index in [0.717, 1.165) is 31.6 Å². The van der Waals surface area contributed by atoms with Crippen molar-refractivity contribution >= 4 is 49.3 Å². The molecule has 4 heteroatoms. The van der Waals surface area contributed by atoms with E-state index in [1.165, 1.54) is 4.90 Å². The maximum atomic E-state index is 12.8. The van der Waals surface area contributed by atoms with E-state index in [0.29, 0.717) is 11.1 Å². The van der Waals surface area contributed by atoms with E-state index in [2.05, 4.69) is 28.1 Å². The quantitative estimate of drug-likeness (QED) is 0.317. The van der Waals surface area contributed by atoms with Crippen LogP contribution in [0, 0.1) is 0 Å². The van der Waals surface area contributed by atoms with E-state index in [1.54, 1.807) is 24.3 Å². The predicted molar refractivity (Wildman–Crippen MR) is 110 cm³/mol. The summed E-state index contributed by atoms with van der Waals surface area (Å²) in [6.07, 6.45) is 0. The molecule has 0 aromatic heterocycles. The molecule has 1 heterocycles. The van der Waals surface area contributed by atoms with Crippen LogP contribution < -0.4 is 0 Å². The average Bonchev–Trinajstić information content (AvgIpc) is 2.96. The van der Waals surface area contributed by atoms with Crippen molar-refractivity contribution in [3.8, 4) is 0 Å². The topological polar surface area (TPSA) is 37.4 Å². The molecule has 3 nitrogen and oxygen atoms in total. The summed E-state index contributed by atoms with van der Waals surface area (Å²) in [6, 6.07) is 23.2. The fraction of sp³-hybridized carbons (Fsp3) is 0.0435. The van der Waals surface area contributed by atoms with Crippen LogP contribution >= 0.6 is 15.9 Å². The Morgan fingerprint density at radius 2 is 1.04 bits per heavy atom. The highest BCUT2D eigenvalue weighted by Gasteiger charge is 2.35. The fourth-order valence-corrected chi connectivity index (χ4v) is 4.57. The third-order valence-corrected chi connectivity index (χ3v) is 6.03. The van der Waals surface area contributed by atoms with E-state index >= 15 is 0 Å². The molecule has 130 valence electrons. The summed E-state index contributed by atoms with van der Waals surface area (Å²) in [4.78, 5) is 27.0. The van der Waals surface area contributed by atoms with E-state index in [-0.39, 0.29) is 18.4 Å². The Balaban J connectivity index is 1.73. The Morgan fingerprint density at radius 1 is 0.630 bits per heavy atom. The van der Waals surface area contributed by atoms with Crippen LogP contribution in [0.25, 0.3) is 21.5 Å². The summed E-state index contributed by atoms with van der Waals surface area (Å²) in [5, 5.41) is 4.23. The monoisotopic (exact) mass is 415 g/mol. The molecule has 5 rings (SSSR count). The number of amides is 2. The van der Waals surface area contributed by atoms with Gasteiger partial charge in [0.05, 0.1) is 17.7 Å². The van der Waals surface area contributed by atoms with Gasteiger partial charge in [-0.1, -0.05) is 60.7 Å². The zero-order valence-corrected chi connectivity index (χ0v) is 15.9. The van der Waals surface area contributed by atoms with Crippen LogP contribution in [0.5, 0.6) is 0 Å². The molecular weight excluding hydrogens is 402 g/mol. The minimum Gasteiger partial charge on any atom is -0.270 e. The van der Waals surface area contributed by atoms with Gasteiger partial charge >= 0.3 is 0 Å². The van der Waals surface area contributed by atoms with Gasteiger partial charge < -0.3 is 0 Å². The average molecular weight is 416 g/mol. The van der Waals surface area contributed by atoms with Gasteiger partial charge in [-0.2, -0.15) is 0 Å². The van der Waals surface area contributed by atoms with Crippen LogP contribution in [-0.4, -0.2) is 16.7 Å². The first kappa shape index (κ1) is 16.2. The summed E-state index contributed by atoms with van der Waals surface area (Å²) in [7, 11) is 0. The lowest BCUT2D eigenvalue weighted by Crippen LogP contribution is -2.29. The Hall–Kier alpha value is -2.98. The lowest BCUT2D eigenvalue weighted by molar-refractivity contribution is 0.0643. The second-order valence-electron chi connectivity index (χ2n) is 6.63. The maximum Gasteiger partial charge on any atom is 0.261 e. The molecule has 4 aromatic rings. The molecule has 27 heavy (non-hydrogen) atoms. The first-order valence-electron chi connectivity index (χ1n) is 8.70. The zero-order chi connectivity index (χ0) is 18.5. The van der Waals surface area contributed by atoms with Gasteiger partial charge in [0.25, 0.3) is 11.8 Å². The Bertz CT molecular complexity index is 1170. The van der Waals surface area contributed by atoms with Crippen LogP contribution in [0.15, 0.2) is 77.3 Å². The van der Waals surface area contributed by atoms with Crippen molar-refractivity contribution in [3.63, 3.8) is 0 Å². The van der Waals surface area contributed by atoms with Crippen LogP contribution in [0.2, 0.25) is 0 Å². The third kappa shape index (κ3) is 2.33. The third-order valence-electron chi connectivity index (χ3n) is 5.17. The van der Waals surface area contributed by atoms with Gasteiger partial charge in [0.15, 0.2) is 0 Å². The number of carbonyl (C=O) groups is 2. The summed E-state index contributed by atoms with van der Waals surface area (Å²) in [5.74, 6) is -0.460. The molecule has 1 aliphatic heterocycles. The normalized spacial score (nSPS) is 13.6. The molecule has 1 aliphatic rings. The summed E-state index contributed by atoms with van der Waals surface area (Å²) < 4.78 is 1.03. The minimum atomic E-state index is -0.230. The van der Waals surface area contributed by atoms with Crippen LogP contribution in [0.1, 0.15) is 26.3 Å². The first-order chi connectivity index (χ1) is 13.2. The van der Waals surface area contributed by atoms with E-state index in [1.807, 2.05) is 36.4 Å². The van der Waals surface area contributed by atoms with E-state index < -0.39 is 0 Å². The van der Waals surface area contributed by atoms with Crippen molar-refractivity contribution in [3.05, 3.63) is 94.0 Å². The fourth-order valence-electron chi connectivity index (χ4n) is 3.88. The molecule has 0 spiro atoms. The zero-order valence-electron chi connectivity index (χ0n) is 14.3. The number of carbonyl (C=O) groups excluding carboxylic acids is 2. The highest BCUT2D eigenvalue weighted by atomic mass is 79.9. The molecule has 2 amide bonds. The first-order valence-corrected chi connectivity index (χ1v) is 9.49. The highest BCUT2D eigenvalue weighted by Crippen LogP contribution is 2.37. The largest absolute Gasteiger partial charge is 0.270 e. The number of benzene rings is 4. The Kier molecular flexibility index (Phi) is 3.62. The predicted octanol–water partition coefficient (Wildman–Crippen LogP) is 5.55. The van der Waals surface area contributed by atoms with Gasteiger partial charge in [-0.25, -0.2) is 0 Å². The molecule has 0 aliphatic carbocycles. The van der Waals surface area contributed by atoms with Gasteiger partial charge in [-0.15, -0.1) is 0 Å². The highest BCUT2D eigenvalue weighted by molar-refractivity contribution is 9.10. The lowest BCUT2D eigenvalue weighted by Gasteiger charge is -2.19. The molecule has 0 N–H and O–H groups in total. The molecule has 0 bridgehead atoms. The van der Waals surface area contributed by atoms with Gasteiger partial charge in [0, 0.05) is 4.47 Å². The van der Waals surface area contributed by atoms with Crippen LogP contribution in [0.3, 0.4) is 0 Å². The Morgan fingerprint density at radius 3 is 1.52 bits per heavy atom. The molecule has 0 saturated heterocycles. The molecule has 0 saturated carbocycles. The van der Waals surface area contributed by atoms with E-state index in [4.69, 9.17) is 0 Å². The SMILES string of the molecule is O=C1c2ccccc2C(=O)N1Cc1c2ccccc2c(Br)c2ccccc12. The number of hydrogen-bond donors (Lipinski definition) is 0. The van der Waals surface area contributed by atoms with Gasteiger partial charge in [-0.3, -0.25) is 14.5 Å². The molecular formula is C23H14BrNO2. The van der Waals surface area contributed by atoms with Gasteiger partial charge in [0.1, 0.15) is 0 Å².